The monoisotopic (exact) mass is 780 g/mol. The smallest absolute Gasteiger partial charge is 0.137 e. The Morgan fingerprint density at radius 2 is 0.984 bits per heavy atom. The van der Waals surface area contributed by atoms with E-state index < -0.39 is 5.54 Å². The lowest BCUT2D eigenvalue weighted by Crippen LogP contribution is -2.36. The fraction of sp³-hybridized carbons (Fsp3) is 0.0690. The van der Waals surface area contributed by atoms with Gasteiger partial charge in [0.2, 0.25) is 0 Å². The minimum atomic E-state index is -0.701. The van der Waals surface area contributed by atoms with Crippen LogP contribution in [-0.2, 0) is 11.0 Å². The van der Waals surface area contributed by atoms with Gasteiger partial charge in [-0.1, -0.05) is 178 Å². The summed E-state index contributed by atoms with van der Waals surface area (Å²) in [6.07, 6.45) is 0. The topological polar surface area (TPSA) is 21.3 Å². The number of nitrogens with zero attached hydrogens (tertiary/aromatic N) is 2. The molecule has 0 fully saturated rings. The van der Waals surface area contributed by atoms with Crippen LogP contribution in [-0.4, -0.2) is 4.57 Å². The maximum atomic E-state index is 6.63. The number of benzene rings is 9. The summed E-state index contributed by atoms with van der Waals surface area (Å²) in [6.45, 7) is 4.74. The van der Waals surface area contributed by atoms with Gasteiger partial charge in [0.25, 0.3) is 0 Å². The van der Waals surface area contributed by atoms with Crippen molar-refractivity contribution in [2.45, 2.75) is 24.8 Å². The van der Waals surface area contributed by atoms with Gasteiger partial charge in [0.15, 0.2) is 0 Å². The first-order valence-electron chi connectivity index (χ1n) is 21.3. The van der Waals surface area contributed by atoms with Crippen LogP contribution in [0.4, 0.5) is 17.1 Å². The normalized spacial score (nSPS) is 14.3. The van der Waals surface area contributed by atoms with Gasteiger partial charge < -0.3 is 13.9 Å². The van der Waals surface area contributed by atoms with Gasteiger partial charge in [-0.3, -0.25) is 0 Å². The molecule has 0 radical (unpaired) electrons. The fourth-order valence-corrected chi connectivity index (χ4v) is 11.3. The van der Waals surface area contributed by atoms with E-state index in [-0.39, 0.29) is 5.41 Å². The molecule has 2 aromatic heterocycles. The number of hydrogen-bond acceptors (Lipinski definition) is 2. The van der Waals surface area contributed by atoms with Crippen molar-refractivity contribution in [1.29, 1.82) is 0 Å². The maximum Gasteiger partial charge on any atom is 0.137 e. The molecule has 61 heavy (non-hydrogen) atoms. The molecule has 3 heteroatoms. The van der Waals surface area contributed by atoms with Crippen LogP contribution in [0.2, 0.25) is 0 Å². The lowest BCUT2D eigenvalue weighted by atomic mass is 9.80. The highest BCUT2D eigenvalue weighted by Gasteiger charge is 2.48. The van der Waals surface area contributed by atoms with Crippen LogP contribution < -0.4 is 4.90 Å². The van der Waals surface area contributed by atoms with Crippen LogP contribution >= 0.6 is 0 Å². The van der Waals surface area contributed by atoms with Crippen LogP contribution in [0.15, 0.2) is 211 Å². The summed E-state index contributed by atoms with van der Waals surface area (Å²) in [5.41, 5.74) is 18.0. The number of rotatable bonds is 5. The van der Waals surface area contributed by atoms with E-state index in [9.17, 15) is 0 Å². The maximum absolute atomic E-state index is 6.63. The number of para-hydroxylation sites is 3. The Labute approximate surface area is 354 Å². The largest absolute Gasteiger partial charge is 0.456 e. The predicted octanol–water partition coefficient (Wildman–Crippen LogP) is 15.3. The predicted molar refractivity (Wildman–Crippen MR) is 253 cm³/mol. The van der Waals surface area contributed by atoms with E-state index in [0.717, 1.165) is 44.5 Å². The summed E-state index contributed by atoms with van der Waals surface area (Å²) in [6, 6.07) is 76.1. The van der Waals surface area contributed by atoms with Crippen molar-refractivity contribution < 1.29 is 4.42 Å². The van der Waals surface area contributed by atoms with Crippen LogP contribution in [0.5, 0.6) is 0 Å². The highest BCUT2D eigenvalue weighted by Crippen LogP contribution is 2.58. The van der Waals surface area contributed by atoms with E-state index in [2.05, 4.69) is 230 Å². The molecule has 3 nitrogen and oxygen atoms in total. The fourth-order valence-electron chi connectivity index (χ4n) is 11.3. The van der Waals surface area contributed by atoms with Crippen LogP contribution in [0.25, 0.3) is 66.0 Å². The van der Waals surface area contributed by atoms with Crippen molar-refractivity contribution in [3.05, 3.63) is 234 Å². The van der Waals surface area contributed by atoms with Gasteiger partial charge in [0, 0.05) is 27.3 Å². The Morgan fingerprint density at radius 1 is 0.426 bits per heavy atom. The van der Waals surface area contributed by atoms with Crippen LogP contribution in [0, 0.1) is 0 Å². The quantitative estimate of drug-likeness (QED) is 0.173. The molecule has 2 aliphatic rings. The zero-order valence-corrected chi connectivity index (χ0v) is 33.9. The highest BCUT2D eigenvalue weighted by atomic mass is 16.3. The molecule has 288 valence electrons. The molecule has 2 aliphatic carbocycles. The molecule has 0 unspecified atom stereocenters. The summed E-state index contributed by atoms with van der Waals surface area (Å²) in [5, 5.41) is 4.61. The third-order valence-corrected chi connectivity index (χ3v) is 13.8. The molecular weight excluding hydrogens is 741 g/mol. The van der Waals surface area contributed by atoms with Crippen molar-refractivity contribution in [2.24, 2.45) is 0 Å². The van der Waals surface area contributed by atoms with Crippen LogP contribution in [0.1, 0.15) is 41.7 Å². The number of fused-ring (bicyclic) bond motifs is 12. The minimum Gasteiger partial charge on any atom is -0.456 e. The second kappa shape index (κ2) is 12.5. The van der Waals surface area contributed by atoms with E-state index >= 15 is 0 Å². The van der Waals surface area contributed by atoms with Gasteiger partial charge in [-0.25, -0.2) is 0 Å². The number of aromatic nitrogens is 1. The molecule has 9 aromatic carbocycles. The molecule has 2 heterocycles. The van der Waals surface area contributed by atoms with E-state index in [0.29, 0.717) is 0 Å². The average Bonchev–Trinajstić information content (AvgIpc) is 4.02. The lowest BCUT2D eigenvalue weighted by Gasteiger charge is -2.38. The van der Waals surface area contributed by atoms with Gasteiger partial charge in [0.05, 0.1) is 27.8 Å². The van der Waals surface area contributed by atoms with E-state index in [1.54, 1.807) is 0 Å². The van der Waals surface area contributed by atoms with E-state index in [1.165, 1.54) is 66.4 Å². The molecule has 13 rings (SSSR count). The summed E-state index contributed by atoms with van der Waals surface area (Å²) in [5.74, 6) is 0. The standard InChI is InChI=1S/C58H40N2O/c1-57(2)46-26-11-6-20-39(46)42-35-34-38(36-49(42)57)59(51-30-17-33-54-55(51)45-24-10-15-32-53(45)61-54)52-31-16-25-44-43-23-9-14-29-50(43)60(56(44)52)58(37-18-4-3-5-19-37)47-27-12-7-21-40(47)41-22-8-13-28-48(41)58/h3-36H,1-2H3. The number of furan rings is 1. The first-order valence-corrected chi connectivity index (χ1v) is 21.3. The first-order chi connectivity index (χ1) is 30.0. The van der Waals surface area contributed by atoms with E-state index in [4.69, 9.17) is 4.42 Å². The third kappa shape index (κ3) is 4.47. The van der Waals surface area contributed by atoms with Gasteiger partial charge >= 0.3 is 0 Å². The molecule has 0 atom stereocenters. The molecule has 0 bridgehead atoms. The van der Waals surface area contributed by atoms with Crippen molar-refractivity contribution >= 4 is 60.8 Å². The van der Waals surface area contributed by atoms with Crippen molar-refractivity contribution in [1.82, 2.24) is 4.57 Å². The molecule has 0 amide bonds. The molecular formula is C58H40N2O. The molecule has 0 aliphatic heterocycles. The molecule has 0 saturated carbocycles. The van der Waals surface area contributed by atoms with E-state index in [1.807, 2.05) is 0 Å². The Balaban J connectivity index is 1.21. The number of hydrogen-bond donors (Lipinski definition) is 0. The average molecular weight is 781 g/mol. The molecule has 0 N–H and O–H groups in total. The molecule has 0 saturated heterocycles. The number of anilines is 3. The molecule has 0 spiro atoms. The van der Waals surface area contributed by atoms with Crippen molar-refractivity contribution in [3.63, 3.8) is 0 Å². The minimum absolute atomic E-state index is 0.183. The van der Waals surface area contributed by atoms with Gasteiger partial charge in [0.1, 0.15) is 16.7 Å². The summed E-state index contributed by atoms with van der Waals surface area (Å²) < 4.78 is 9.31. The van der Waals surface area contributed by atoms with Crippen molar-refractivity contribution in [3.8, 4) is 22.3 Å². The van der Waals surface area contributed by atoms with Gasteiger partial charge in [-0.15, -0.1) is 0 Å². The molecule has 11 aromatic rings. The SMILES string of the molecule is CC1(C)c2ccccc2-c2ccc(N(c3cccc4oc5ccccc5c34)c3cccc4c5ccccc5n(C5(c6ccccc6)c6ccccc6-c6ccccc65)c34)cc21. The Hall–Kier alpha value is -7.62. The second-order valence-corrected chi connectivity index (χ2v) is 17.2. The summed E-state index contributed by atoms with van der Waals surface area (Å²) >= 11 is 0. The lowest BCUT2D eigenvalue weighted by molar-refractivity contribution is 0.564. The van der Waals surface area contributed by atoms with Crippen LogP contribution in [0.3, 0.4) is 0 Å². The highest BCUT2D eigenvalue weighted by molar-refractivity contribution is 6.18. The summed E-state index contributed by atoms with van der Waals surface area (Å²) in [4.78, 5) is 2.52. The second-order valence-electron chi connectivity index (χ2n) is 17.2. The first kappa shape index (κ1) is 34.3. The Bertz CT molecular complexity index is 3540. The zero-order chi connectivity index (χ0) is 40.5. The Kier molecular flexibility index (Phi) is 6.99. The summed E-state index contributed by atoms with van der Waals surface area (Å²) in [7, 11) is 0. The zero-order valence-electron chi connectivity index (χ0n) is 33.9. The Morgan fingerprint density at radius 3 is 1.75 bits per heavy atom. The third-order valence-electron chi connectivity index (χ3n) is 13.8. The van der Waals surface area contributed by atoms with Crippen molar-refractivity contribution in [2.75, 3.05) is 4.90 Å². The van der Waals surface area contributed by atoms with Gasteiger partial charge in [-0.05, 0) is 92.5 Å². The van der Waals surface area contributed by atoms with Gasteiger partial charge in [-0.2, -0.15) is 0 Å².